The number of nitrogens with one attached hydrogen (secondary N) is 2. The van der Waals surface area contributed by atoms with Crippen molar-refractivity contribution in [1.29, 1.82) is 0 Å². The maximum Gasteiger partial charge on any atom is 0.227 e. The van der Waals surface area contributed by atoms with Gasteiger partial charge in [-0.05, 0) is 49.8 Å². The summed E-state index contributed by atoms with van der Waals surface area (Å²) in [4.78, 5) is 21.6. The quantitative estimate of drug-likeness (QED) is 0.223. The molecule has 0 spiro atoms. The molecule has 34 heavy (non-hydrogen) atoms. The van der Waals surface area contributed by atoms with Crippen molar-refractivity contribution in [1.82, 2.24) is 15.5 Å². The maximum absolute atomic E-state index is 12.7. The Morgan fingerprint density at radius 3 is 2.50 bits per heavy atom. The van der Waals surface area contributed by atoms with Crippen LogP contribution in [0.2, 0.25) is 0 Å². The predicted octanol–water partition coefficient (Wildman–Crippen LogP) is 4.36. The van der Waals surface area contributed by atoms with Gasteiger partial charge in [-0.3, -0.25) is 14.7 Å². The Hall–Kier alpha value is -2.13. The number of amides is 1. The summed E-state index contributed by atoms with van der Waals surface area (Å²) in [6.07, 6.45) is 4.51. The summed E-state index contributed by atoms with van der Waals surface area (Å²) in [6.45, 7) is 6.00. The Kier molecular flexibility index (Phi) is 10.2. The standard InChI is InChI=1S/C27H37N5O.HI/c1-21(22-9-4-3-5-10-22)31-18-15-24(16-19-31)30-27(28-2)29-17-8-13-26(33)32-20-14-23-11-6-7-12-25(23)32;/h3-7,9-12,21,24H,8,13-20H2,1-2H3,(H2,28,29,30);1H. The number of aliphatic imine (C=N–C) groups is 1. The summed E-state index contributed by atoms with van der Waals surface area (Å²) < 4.78 is 0. The first-order chi connectivity index (χ1) is 16.2. The first-order valence-electron chi connectivity index (χ1n) is 12.3. The Morgan fingerprint density at radius 2 is 1.76 bits per heavy atom. The van der Waals surface area contributed by atoms with Crippen LogP contribution in [0.1, 0.15) is 49.8 Å². The van der Waals surface area contributed by atoms with E-state index in [9.17, 15) is 4.79 Å². The first kappa shape index (κ1) is 26.5. The number of benzene rings is 2. The zero-order valence-electron chi connectivity index (χ0n) is 20.4. The van der Waals surface area contributed by atoms with E-state index in [1.54, 1.807) is 0 Å². The molecular weight excluding hydrogens is 537 g/mol. The van der Waals surface area contributed by atoms with E-state index in [2.05, 4.69) is 69.9 Å². The topological polar surface area (TPSA) is 60.0 Å². The number of fused-ring (bicyclic) bond motifs is 1. The first-order valence-corrected chi connectivity index (χ1v) is 12.3. The maximum atomic E-state index is 12.7. The van der Waals surface area contributed by atoms with Crippen molar-refractivity contribution in [3.8, 4) is 0 Å². The number of para-hydroxylation sites is 1. The molecular formula is C27H38IN5O. The molecule has 2 N–H and O–H groups in total. The van der Waals surface area contributed by atoms with Crippen molar-refractivity contribution >= 4 is 41.5 Å². The van der Waals surface area contributed by atoms with Crippen LogP contribution in [-0.4, -0.2) is 56.0 Å². The van der Waals surface area contributed by atoms with Crippen molar-refractivity contribution in [2.24, 2.45) is 4.99 Å². The molecule has 2 heterocycles. The Labute approximate surface area is 221 Å². The van der Waals surface area contributed by atoms with E-state index in [0.29, 0.717) is 18.5 Å². The summed E-state index contributed by atoms with van der Waals surface area (Å²) in [5.74, 6) is 1.05. The van der Waals surface area contributed by atoms with Crippen LogP contribution >= 0.6 is 24.0 Å². The Morgan fingerprint density at radius 1 is 1.06 bits per heavy atom. The van der Waals surface area contributed by atoms with Gasteiger partial charge in [-0.15, -0.1) is 24.0 Å². The number of carbonyl (C=O) groups is 1. The molecule has 1 unspecified atom stereocenters. The van der Waals surface area contributed by atoms with Gasteiger partial charge < -0.3 is 15.5 Å². The van der Waals surface area contributed by atoms with Gasteiger partial charge in [0.25, 0.3) is 0 Å². The fourth-order valence-electron chi connectivity index (χ4n) is 4.94. The third-order valence-corrected chi connectivity index (χ3v) is 6.97. The number of hydrogen-bond acceptors (Lipinski definition) is 3. The number of anilines is 1. The lowest BCUT2D eigenvalue weighted by Crippen LogP contribution is -2.49. The molecule has 1 amide bonds. The summed E-state index contributed by atoms with van der Waals surface area (Å²) in [7, 11) is 1.81. The highest BCUT2D eigenvalue weighted by molar-refractivity contribution is 14.0. The predicted molar refractivity (Wildman–Crippen MR) is 151 cm³/mol. The molecule has 7 heteroatoms. The minimum absolute atomic E-state index is 0. The Bertz CT molecular complexity index is 943. The van der Waals surface area contributed by atoms with Gasteiger partial charge >= 0.3 is 0 Å². The van der Waals surface area contributed by atoms with Gasteiger partial charge in [0, 0.05) is 57.4 Å². The lowest BCUT2D eigenvalue weighted by molar-refractivity contribution is -0.118. The fourth-order valence-corrected chi connectivity index (χ4v) is 4.94. The molecule has 0 aliphatic carbocycles. The number of guanidine groups is 1. The minimum atomic E-state index is 0. The molecule has 2 aromatic carbocycles. The van der Waals surface area contributed by atoms with Crippen LogP contribution in [0.4, 0.5) is 5.69 Å². The summed E-state index contributed by atoms with van der Waals surface area (Å²) in [6, 6.07) is 19.8. The van der Waals surface area contributed by atoms with Crippen molar-refractivity contribution in [3.05, 3.63) is 65.7 Å². The highest BCUT2D eigenvalue weighted by Gasteiger charge is 2.25. The lowest BCUT2D eigenvalue weighted by Gasteiger charge is -2.37. The molecule has 1 saturated heterocycles. The van der Waals surface area contributed by atoms with Crippen LogP contribution in [0.15, 0.2) is 59.6 Å². The van der Waals surface area contributed by atoms with E-state index in [-0.39, 0.29) is 29.9 Å². The van der Waals surface area contributed by atoms with Gasteiger partial charge in [0.2, 0.25) is 5.91 Å². The van der Waals surface area contributed by atoms with Crippen LogP contribution in [-0.2, 0) is 11.2 Å². The van der Waals surface area contributed by atoms with Crippen LogP contribution in [0.25, 0.3) is 0 Å². The molecule has 0 saturated carbocycles. The van der Waals surface area contributed by atoms with E-state index in [0.717, 1.165) is 63.5 Å². The van der Waals surface area contributed by atoms with Crippen LogP contribution in [0.3, 0.4) is 0 Å². The van der Waals surface area contributed by atoms with Gasteiger partial charge in [0.15, 0.2) is 5.96 Å². The van der Waals surface area contributed by atoms with Crippen LogP contribution in [0, 0.1) is 0 Å². The molecule has 0 radical (unpaired) electrons. The molecule has 2 aromatic rings. The zero-order valence-corrected chi connectivity index (χ0v) is 22.7. The van der Waals surface area contributed by atoms with Crippen molar-refractivity contribution < 1.29 is 4.79 Å². The number of piperidine rings is 1. The van der Waals surface area contributed by atoms with Gasteiger partial charge in [-0.25, -0.2) is 0 Å². The molecule has 1 fully saturated rings. The number of halogens is 1. The molecule has 2 aliphatic heterocycles. The van der Waals surface area contributed by atoms with Crippen molar-refractivity contribution in [3.63, 3.8) is 0 Å². The van der Waals surface area contributed by atoms with E-state index < -0.39 is 0 Å². The zero-order chi connectivity index (χ0) is 23.0. The summed E-state index contributed by atoms with van der Waals surface area (Å²) >= 11 is 0. The third-order valence-electron chi connectivity index (χ3n) is 6.97. The summed E-state index contributed by atoms with van der Waals surface area (Å²) in [5, 5.41) is 6.97. The highest BCUT2D eigenvalue weighted by Crippen LogP contribution is 2.28. The van der Waals surface area contributed by atoms with E-state index >= 15 is 0 Å². The average Bonchev–Trinajstić information content (AvgIpc) is 3.30. The molecule has 6 nitrogen and oxygen atoms in total. The third kappa shape index (κ3) is 6.72. The molecule has 0 bridgehead atoms. The van der Waals surface area contributed by atoms with Crippen molar-refractivity contribution in [2.45, 2.75) is 51.1 Å². The van der Waals surface area contributed by atoms with Crippen LogP contribution in [0.5, 0.6) is 0 Å². The lowest BCUT2D eigenvalue weighted by atomic mass is 10.0. The number of hydrogen-bond donors (Lipinski definition) is 2. The largest absolute Gasteiger partial charge is 0.356 e. The van der Waals surface area contributed by atoms with Crippen molar-refractivity contribution in [2.75, 3.05) is 38.1 Å². The van der Waals surface area contributed by atoms with Gasteiger partial charge in [0.05, 0.1) is 0 Å². The Balaban J connectivity index is 0.00000324. The number of rotatable bonds is 7. The monoisotopic (exact) mass is 575 g/mol. The molecule has 0 aromatic heterocycles. The second-order valence-electron chi connectivity index (χ2n) is 9.07. The van der Waals surface area contributed by atoms with Gasteiger partial charge in [-0.2, -0.15) is 0 Å². The molecule has 1 atom stereocenters. The SMILES string of the molecule is CN=C(NCCCC(=O)N1CCc2ccccc21)NC1CCN(C(C)c2ccccc2)CC1.I. The second kappa shape index (κ2) is 13.1. The normalized spacial score (nSPS) is 17.6. The second-order valence-corrected chi connectivity index (χ2v) is 9.07. The van der Waals surface area contributed by atoms with Crippen LogP contribution < -0.4 is 15.5 Å². The highest BCUT2D eigenvalue weighted by atomic mass is 127. The molecule has 4 rings (SSSR count). The summed E-state index contributed by atoms with van der Waals surface area (Å²) in [5.41, 5.74) is 3.74. The minimum Gasteiger partial charge on any atom is -0.356 e. The fraction of sp³-hybridized carbons (Fsp3) is 0.481. The van der Waals surface area contributed by atoms with E-state index in [4.69, 9.17) is 0 Å². The van der Waals surface area contributed by atoms with Gasteiger partial charge in [-0.1, -0.05) is 48.5 Å². The number of nitrogens with zero attached hydrogens (tertiary/aromatic N) is 3. The molecule has 184 valence electrons. The average molecular weight is 576 g/mol. The van der Waals surface area contributed by atoms with Gasteiger partial charge in [0.1, 0.15) is 0 Å². The smallest absolute Gasteiger partial charge is 0.227 e. The molecule has 2 aliphatic rings. The van der Waals surface area contributed by atoms with E-state index in [1.165, 1.54) is 11.1 Å². The number of carbonyl (C=O) groups excluding carboxylic acids is 1. The van der Waals surface area contributed by atoms with E-state index in [1.807, 2.05) is 24.1 Å². The number of likely N-dealkylation sites (tertiary alicyclic amines) is 1.